The Bertz CT molecular complexity index is 717. The molecular formula is C14H19N5O3S2. The third-order valence-corrected chi connectivity index (χ3v) is 6.38. The van der Waals surface area contributed by atoms with Crippen LogP contribution in [-0.2, 0) is 22.6 Å². The largest absolute Gasteiger partial charge is 0.477 e. The van der Waals surface area contributed by atoms with Crippen LogP contribution in [0.5, 0.6) is 0 Å². The van der Waals surface area contributed by atoms with Gasteiger partial charge in [-0.3, -0.25) is 9.69 Å². The standard InChI is InChI=1S/C14H19N5O3S2/c1-3-8-16-14(18(4-2)17-8)24-6-7-5-23-12-9(15)11(20)19(12)10(7)13(21)22/h9,12H,3-6,15H2,1-2H3,(H,21,22)/t9?,12-/m1/s1. The van der Waals surface area contributed by atoms with Crippen LogP contribution in [0.1, 0.15) is 19.7 Å². The van der Waals surface area contributed by atoms with Crippen LogP contribution >= 0.6 is 23.5 Å². The van der Waals surface area contributed by atoms with Crippen molar-refractivity contribution >= 4 is 35.4 Å². The van der Waals surface area contributed by atoms with Gasteiger partial charge in [-0.2, -0.15) is 5.10 Å². The topological polar surface area (TPSA) is 114 Å². The van der Waals surface area contributed by atoms with Crippen LogP contribution in [0.2, 0.25) is 0 Å². The summed E-state index contributed by atoms with van der Waals surface area (Å²) in [6.45, 7) is 4.68. The first kappa shape index (κ1) is 17.3. The van der Waals surface area contributed by atoms with E-state index in [2.05, 4.69) is 10.1 Å². The van der Waals surface area contributed by atoms with Crippen molar-refractivity contribution in [1.82, 2.24) is 19.7 Å². The highest BCUT2D eigenvalue weighted by atomic mass is 32.2. The number of fused-ring (bicyclic) bond motifs is 1. The molecule has 130 valence electrons. The van der Waals surface area contributed by atoms with Crippen LogP contribution in [0.3, 0.4) is 0 Å². The molecule has 1 aromatic rings. The maximum Gasteiger partial charge on any atom is 0.352 e. The van der Waals surface area contributed by atoms with Gasteiger partial charge in [0.25, 0.3) is 0 Å². The number of nitrogens with two attached hydrogens (primary N) is 1. The van der Waals surface area contributed by atoms with Crippen molar-refractivity contribution in [2.45, 2.75) is 43.4 Å². The number of hydrogen-bond acceptors (Lipinski definition) is 7. The molecule has 0 bridgehead atoms. The molecule has 2 aliphatic rings. The lowest BCUT2D eigenvalue weighted by Crippen LogP contribution is -2.68. The Balaban J connectivity index is 1.81. The third-order valence-electron chi connectivity index (χ3n) is 3.96. The summed E-state index contributed by atoms with van der Waals surface area (Å²) < 4.78 is 1.81. The molecule has 0 radical (unpaired) electrons. The van der Waals surface area contributed by atoms with E-state index in [0.717, 1.165) is 23.0 Å². The number of carbonyl (C=O) groups is 2. The zero-order chi connectivity index (χ0) is 17.4. The molecule has 3 heterocycles. The summed E-state index contributed by atoms with van der Waals surface area (Å²) in [5.41, 5.74) is 6.55. The van der Waals surface area contributed by atoms with E-state index < -0.39 is 12.0 Å². The Hall–Kier alpha value is -1.52. The lowest BCUT2D eigenvalue weighted by Gasteiger charge is -2.48. The van der Waals surface area contributed by atoms with Crippen LogP contribution in [0.25, 0.3) is 0 Å². The zero-order valence-electron chi connectivity index (χ0n) is 13.4. The van der Waals surface area contributed by atoms with Gasteiger partial charge in [-0.15, -0.1) is 11.8 Å². The van der Waals surface area contributed by atoms with Gasteiger partial charge >= 0.3 is 5.97 Å². The van der Waals surface area contributed by atoms with Crippen molar-refractivity contribution < 1.29 is 14.7 Å². The van der Waals surface area contributed by atoms with Crippen molar-refractivity contribution in [2.24, 2.45) is 5.73 Å². The van der Waals surface area contributed by atoms with Gasteiger partial charge in [0.15, 0.2) is 11.0 Å². The fourth-order valence-corrected chi connectivity index (χ4v) is 5.13. The lowest BCUT2D eigenvalue weighted by atomic mass is 10.0. The monoisotopic (exact) mass is 369 g/mol. The molecular weight excluding hydrogens is 350 g/mol. The lowest BCUT2D eigenvalue weighted by molar-refractivity contribution is -0.147. The fraction of sp³-hybridized carbons (Fsp3) is 0.571. The number of rotatable bonds is 6. The van der Waals surface area contributed by atoms with Gasteiger partial charge in [0.2, 0.25) is 5.91 Å². The molecule has 1 unspecified atom stereocenters. The second-order valence-corrected chi connectivity index (χ2v) is 7.51. The van der Waals surface area contributed by atoms with Gasteiger partial charge in [0, 0.05) is 24.5 Å². The van der Waals surface area contributed by atoms with Crippen LogP contribution in [0.15, 0.2) is 16.4 Å². The van der Waals surface area contributed by atoms with E-state index >= 15 is 0 Å². The number of aromatic nitrogens is 3. The summed E-state index contributed by atoms with van der Waals surface area (Å²) in [6, 6.07) is -0.603. The first-order valence-corrected chi connectivity index (χ1v) is 9.73. The quantitative estimate of drug-likeness (QED) is 0.551. The van der Waals surface area contributed by atoms with Crippen LogP contribution in [0.4, 0.5) is 0 Å². The van der Waals surface area contributed by atoms with E-state index in [1.807, 2.05) is 18.5 Å². The number of nitrogens with zero attached hydrogens (tertiary/aromatic N) is 4. The Morgan fingerprint density at radius 3 is 2.88 bits per heavy atom. The van der Waals surface area contributed by atoms with E-state index in [4.69, 9.17) is 5.73 Å². The van der Waals surface area contributed by atoms with Crippen molar-refractivity contribution in [3.05, 3.63) is 17.1 Å². The molecule has 1 aromatic heterocycles. The Morgan fingerprint density at radius 2 is 2.25 bits per heavy atom. The van der Waals surface area contributed by atoms with Gasteiger partial charge in [0.05, 0.1) is 0 Å². The molecule has 8 nitrogen and oxygen atoms in total. The molecule has 0 aromatic carbocycles. The maximum atomic E-state index is 11.9. The molecule has 3 N–H and O–H groups in total. The highest BCUT2D eigenvalue weighted by Gasteiger charge is 2.51. The third kappa shape index (κ3) is 2.82. The number of carbonyl (C=O) groups excluding carboxylic acids is 1. The molecule has 24 heavy (non-hydrogen) atoms. The van der Waals surface area contributed by atoms with E-state index in [9.17, 15) is 14.7 Å². The summed E-state index contributed by atoms with van der Waals surface area (Å²) >= 11 is 2.96. The minimum atomic E-state index is -1.08. The van der Waals surface area contributed by atoms with E-state index in [0.29, 0.717) is 18.1 Å². The smallest absolute Gasteiger partial charge is 0.352 e. The fourth-order valence-electron chi connectivity index (χ4n) is 2.68. The highest BCUT2D eigenvalue weighted by Crippen LogP contribution is 2.40. The number of hydrogen-bond donors (Lipinski definition) is 2. The molecule has 10 heteroatoms. The van der Waals surface area contributed by atoms with Gasteiger partial charge in [-0.1, -0.05) is 18.7 Å². The Kier molecular flexibility index (Phi) is 4.88. The molecule has 0 saturated carbocycles. The zero-order valence-corrected chi connectivity index (χ0v) is 15.1. The minimum Gasteiger partial charge on any atom is -0.477 e. The molecule has 2 aliphatic heterocycles. The first-order chi connectivity index (χ1) is 11.5. The van der Waals surface area contributed by atoms with Crippen LogP contribution in [0, 0.1) is 0 Å². The predicted molar refractivity (Wildman–Crippen MR) is 91.5 cm³/mol. The normalized spacial score (nSPS) is 23.3. The average Bonchev–Trinajstić information content (AvgIpc) is 3.00. The molecule has 1 fully saturated rings. The minimum absolute atomic E-state index is 0.0798. The molecule has 3 rings (SSSR count). The van der Waals surface area contributed by atoms with Crippen molar-refractivity contribution in [2.75, 3.05) is 11.5 Å². The molecule has 0 aliphatic carbocycles. The van der Waals surface area contributed by atoms with Gasteiger partial charge in [0.1, 0.15) is 17.1 Å². The van der Waals surface area contributed by atoms with Gasteiger partial charge in [-0.05, 0) is 12.5 Å². The van der Waals surface area contributed by atoms with Crippen molar-refractivity contribution in [3.8, 4) is 0 Å². The van der Waals surface area contributed by atoms with Crippen LogP contribution in [-0.4, -0.2) is 59.6 Å². The number of aliphatic carboxylic acids is 1. The van der Waals surface area contributed by atoms with Gasteiger partial charge < -0.3 is 10.8 Å². The summed E-state index contributed by atoms with van der Waals surface area (Å²) in [5, 5.41) is 14.4. The summed E-state index contributed by atoms with van der Waals surface area (Å²) in [5.74, 6) is 0.383. The second-order valence-electron chi connectivity index (χ2n) is 5.46. The van der Waals surface area contributed by atoms with Crippen molar-refractivity contribution in [3.63, 3.8) is 0 Å². The predicted octanol–water partition coefficient (Wildman–Crippen LogP) is 0.534. The van der Waals surface area contributed by atoms with Crippen molar-refractivity contribution in [1.29, 1.82) is 0 Å². The summed E-state index contributed by atoms with van der Waals surface area (Å²) in [7, 11) is 0. The summed E-state index contributed by atoms with van der Waals surface area (Å²) in [6.07, 6.45) is 0.751. The summed E-state index contributed by atoms with van der Waals surface area (Å²) in [4.78, 5) is 29.4. The Morgan fingerprint density at radius 1 is 1.50 bits per heavy atom. The van der Waals surface area contributed by atoms with Crippen LogP contribution < -0.4 is 5.73 Å². The Labute approximate surface area is 147 Å². The molecule has 0 spiro atoms. The number of aryl methyl sites for hydroxylation is 2. The maximum absolute atomic E-state index is 11.9. The highest BCUT2D eigenvalue weighted by molar-refractivity contribution is 8.01. The van der Waals surface area contributed by atoms with E-state index in [-0.39, 0.29) is 17.0 Å². The second kappa shape index (κ2) is 6.77. The average molecular weight is 369 g/mol. The SMILES string of the molecule is CCc1nc(SCC2=C(C(=O)O)N3C(=O)C(N)[C@H]3SC2)n(CC)n1. The number of carboxylic acids is 1. The van der Waals surface area contributed by atoms with E-state index in [1.165, 1.54) is 28.4 Å². The van der Waals surface area contributed by atoms with E-state index in [1.54, 1.807) is 0 Å². The number of thioether (sulfide) groups is 2. The number of amides is 1. The van der Waals surface area contributed by atoms with Gasteiger partial charge in [-0.25, -0.2) is 14.5 Å². The number of β-lactam (4-membered cyclic amide) rings is 1. The first-order valence-electron chi connectivity index (χ1n) is 7.70. The molecule has 1 amide bonds. The number of carboxylic acid groups (broad SMARTS) is 1. The molecule has 2 atom stereocenters. The molecule has 1 saturated heterocycles.